The van der Waals surface area contributed by atoms with Gasteiger partial charge in [-0.2, -0.15) is 0 Å². The van der Waals surface area contributed by atoms with Gasteiger partial charge < -0.3 is 19.9 Å². The van der Waals surface area contributed by atoms with Crippen LogP contribution >= 0.6 is 0 Å². The summed E-state index contributed by atoms with van der Waals surface area (Å²) in [5.74, 6) is 1.13. The third-order valence-electron chi connectivity index (χ3n) is 3.42. The normalized spacial score (nSPS) is 12.1. The van der Waals surface area contributed by atoms with Crippen LogP contribution in [0.25, 0.3) is 0 Å². The predicted molar refractivity (Wildman–Crippen MR) is 86.6 cm³/mol. The predicted octanol–water partition coefficient (Wildman–Crippen LogP) is 2.28. The second kappa shape index (κ2) is 8.76. The minimum absolute atomic E-state index is 0.316. The van der Waals surface area contributed by atoms with Crippen LogP contribution < -0.4 is 14.8 Å². The van der Waals surface area contributed by atoms with Crippen LogP contribution in [0.1, 0.15) is 37.0 Å². The number of esters is 1. The molecule has 1 rings (SSSR count). The molecule has 0 bridgehead atoms. The van der Waals surface area contributed by atoms with Crippen molar-refractivity contribution in [2.45, 2.75) is 47.1 Å². The Morgan fingerprint density at radius 2 is 2.00 bits per heavy atom. The van der Waals surface area contributed by atoms with Crippen LogP contribution in [0.5, 0.6) is 11.5 Å². The topological polar surface area (TPSA) is 67.8 Å². The van der Waals surface area contributed by atoms with Crippen LogP contribution in [-0.4, -0.2) is 36.9 Å². The maximum Gasteiger partial charge on any atom is 0.308 e. The van der Waals surface area contributed by atoms with Gasteiger partial charge in [0.1, 0.15) is 11.5 Å². The SMILES string of the molecule is CC(=O)Oc1c(C)cc(OCCCNCC(C)O)c(C)c1C. The average Bonchev–Trinajstić information content (AvgIpc) is 2.43. The molecule has 0 aliphatic heterocycles. The van der Waals surface area contributed by atoms with Gasteiger partial charge in [-0.1, -0.05) is 0 Å². The van der Waals surface area contributed by atoms with Crippen molar-refractivity contribution in [2.75, 3.05) is 19.7 Å². The van der Waals surface area contributed by atoms with Crippen molar-refractivity contribution in [1.29, 1.82) is 0 Å². The maximum atomic E-state index is 11.2. The van der Waals surface area contributed by atoms with Gasteiger partial charge in [0.2, 0.25) is 0 Å². The van der Waals surface area contributed by atoms with Crippen molar-refractivity contribution >= 4 is 5.97 Å². The Morgan fingerprint density at radius 3 is 2.59 bits per heavy atom. The molecule has 5 heteroatoms. The van der Waals surface area contributed by atoms with Crippen LogP contribution in [0, 0.1) is 20.8 Å². The van der Waals surface area contributed by atoms with E-state index in [-0.39, 0.29) is 12.1 Å². The van der Waals surface area contributed by atoms with E-state index >= 15 is 0 Å². The summed E-state index contributed by atoms with van der Waals surface area (Å²) >= 11 is 0. The lowest BCUT2D eigenvalue weighted by Crippen LogP contribution is -2.26. The van der Waals surface area contributed by atoms with Gasteiger partial charge in [0.25, 0.3) is 0 Å². The number of ether oxygens (including phenoxy) is 2. The van der Waals surface area contributed by atoms with E-state index in [0.717, 1.165) is 35.4 Å². The van der Waals surface area contributed by atoms with Gasteiger partial charge in [-0.05, 0) is 63.4 Å². The lowest BCUT2D eigenvalue weighted by molar-refractivity contribution is -0.131. The molecule has 0 aliphatic rings. The summed E-state index contributed by atoms with van der Waals surface area (Å²) in [6, 6.07) is 1.91. The van der Waals surface area contributed by atoms with E-state index in [2.05, 4.69) is 5.32 Å². The highest BCUT2D eigenvalue weighted by molar-refractivity contribution is 5.71. The molecule has 0 amide bonds. The first-order valence-corrected chi connectivity index (χ1v) is 7.63. The largest absolute Gasteiger partial charge is 0.493 e. The summed E-state index contributed by atoms with van der Waals surface area (Å²) in [5, 5.41) is 12.3. The first-order valence-electron chi connectivity index (χ1n) is 7.63. The highest BCUT2D eigenvalue weighted by Gasteiger charge is 2.13. The minimum atomic E-state index is -0.331. The van der Waals surface area contributed by atoms with Crippen LogP contribution in [0.2, 0.25) is 0 Å². The number of nitrogens with one attached hydrogen (secondary N) is 1. The Labute approximate surface area is 132 Å². The van der Waals surface area contributed by atoms with Crippen LogP contribution in [0.3, 0.4) is 0 Å². The third kappa shape index (κ3) is 5.66. The van der Waals surface area contributed by atoms with E-state index in [1.807, 2.05) is 26.8 Å². The summed E-state index contributed by atoms with van der Waals surface area (Å²) in [6.45, 7) is 10.9. The van der Waals surface area contributed by atoms with E-state index in [0.29, 0.717) is 18.9 Å². The molecule has 2 N–H and O–H groups in total. The van der Waals surface area contributed by atoms with Gasteiger partial charge in [0.05, 0.1) is 12.7 Å². The van der Waals surface area contributed by atoms with Gasteiger partial charge >= 0.3 is 5.97 Å². The maximum absolute atomic E-state index is 11.2. The van der Waals surface area contributed by atoms with E-state index < -0.39 is 0 Å². The highest BCUT2D eigenvalue weighted by Crippen LogP contribution is 2.33. The van der Waals surface area contributed by atoms with Crippen molar-refractivity contribution in [3.63, 3.8) is 0 Å². The van der Waals surface area contributed by atoms with Crippen molar-refractivity contribution < 1.29 is 19.4 Å². The molecule has 22 heavy (non-hydrogen) atoms. The number of hydrogen-bond donors (Lipinski definition) is 2. The quantitative estimate of drug-likeness (QED) is 0.438. The summed E-state index contributed by atoms with van der Waals surface area (Å²) in [4.78, 5) is 11.2. The zero-order chi connectivity index (χ0) is 16.7. The zero-order valence-electron chi connectivity index (χ0n) is 14.2. The molecule has 1 unspecified atom stereocenters. The van der Waals surface area contributed by atoms with Crippen molar-refractivity contribution in [3.8, 4) is 11.5 Å². The molecule has 1 aromatic carbocycles. The van der Waals surface area contributed by atoms with Crippen molar-refractivity contribution in [2.24, 2.45) is 0 Å². The molecule has 0 saturated carbocycles. The number of aryl methyl sites for hydroxylation is 1. The number of carbonyl (C=O) groups excluding carboxylic acids is 1. The molecule has 0 radical (unpaired) electrons. The molecule has 0 heterocycles. The Balaban J connectivity index is 2.59. The Bertz CT molecular complexity index is 512. The molecule has 1 aromatic rings. The second-order valence-corrected chi connectivity index (χ2v) is 5.62. The number of aliphatic hydroxyl groups excluding tert-OH is 1. The van der Waals surface area contributed by atoms with E-state index in [1.54, 1.807) is 6.92 Å². The molecule has 0 aliphatic carbocycles. The molecule has 0 fully saturated rings. The fraction of sp³-hybridized carbons (Fsp3) is 0.588. The number of aliphatic hydroxyl groups is 1. The van der Waals surface area contributed by atoms with E-state index in [9.17, 15) is 4.79 Å². The minimum Gasteiger partial charge on any atom is -0.493 e. The third-order valence-corrected chi connectivity index (χ3v) is 3.42. The molecular weight excluding hydrogens is 282 g/mol. The first kappa shape index (κ1) is 18.5. The number of benzene rings is 1. The zero-order valence-corrected chi connectivity index (χ0v) is 14.2. The van der Waals surface area contributed by atoms with Gasteiger partial charge in [-0.3, -0.25) is 4.79 Å². The van der Waals surface area contributed by atoms with Gasteiger partial charge in [-0.25, -0.2) is 0 Å². The van der Waals surface area contributed by atoms with E-state index in [1.165, 1.54) is 6.92 Å². The molecule has 0 spiro atoms. The Hall–Kier alpha value is -1.59. The molecule has 0 saturated heterocycles. The van der Waals surface area contributed by atoms with E-state index in [4.69, 9.17) is 14.6 Å². The standard InChI is InChI=1S/C17H27NO4/c1-11-9-16(21-8-6-7-18-10-12(2)19)13(3)14(4)17(11)22-15(5)20/h9,12,18-19H,6-8,10H2,1-5H3. The van der Waals surface area contributed by atoms with Crippen LogP contribution in [0.15, 0.2) is 6.07 Å². The molecule has 0 aromatic heterocycles. The van der Waals surface area contributed by atoms with Crippen LogP contribution in [0.4, 0.5) is 0 Å². The van der Waals surface area contributed by atoms with Crippen molar-refractivity contribution in [1.82, 2.24) is 5.32 Å². The lowest BCUT2D eigenvalue weighted by atomic mass is 10.0. The monoisotopic (exact) mass is 309 g/mol. The summed E-state index contributed by atoms with van der Waals surface area (Å²) < 4.78 is 11.1. The smallest absolute Gasteiger partial charge is 0.308 e. The number of carbonyl (C=O) groups is 1. The van der Waals surface area contributed by atoms with Crippen LogP contribution in [-0.2, 0) is 4.79 Å². The fourth-order valence-corrected chi connectivity index (χ4v) is 2.16. The summed E-state index contributed by atoms with van der Waals surface area (Å²) in [7, 11) is 0. The molecule has 5 nitrogen and oxygen atoms in total. The van der Waals surface area contributed by atoms with Gasteiger partial charge in [0, 0.05) is 13.5 Å². The molecule has 1 atom stereocenters. The lowest BCUT2D eigenvalue weighted by Gasteiger charge is -2.16. The Kier molecular flexibility index (Phi) is 7.35. The first-order chi connectivity index (χ1) is 10.3. The summed E-state index contributed by atoms with van der Waals surface area (Å²) in [6.07, 6.45) is 0.526. The van der Waals surface area contributed by atoms with Gasteiger partial charge in [0.15, 0.2) is 0 Å². The second-order valence-electron chi connectivity index (χ2n) is 5.62. The number of rotatable bonds is 8. The molecule has 124 valence electrons. The highest BCUT2D eigenvalue weighted by atomic mass is 16.5. The van der Waals surface area contributed by atoms with Crippen molar-refractivity contribution in [3.05, 3.63) is 22.8 Å². The fourth-order valence-electron chi connectivity index (χ4n) is 2.16. The Morgan fingerprint density at radius 1 is 1.32 bits per heavy atom. The number of hydrogen-bond acceptors (Lipinski definition) is 5. The average molecular weight is 309 g/mol. The summed E-state index contributed by atoms with van der Waals surface area (Å²) in [5.41, 5.74) is 2.80. The van der Waals surface area contributed by atoms with Gasteiger partial charge in [-0.15, -0.1) is 0 Å². The molecular formula is C17H27NO4.